The van der Waals surface area contributed by atoms with Crippen molar-refractivity contribution in [1.82, 2.24) is 9.97 Å². The van der Waals surface area contributed by atoms with Crippen LogP contribution >= 0.6 is 23.4 Å². The maximum atomic E-state index is 6.40. The summed E-state index contributed by atoms with van der Waals surface area (Å²) in [4.78, 5) is 8.63. The molecule has 0 aliphatic carbocycles. The number of nitrogens with zero attached hydrogens (tertiary/aromatic N) is 2. The van der Waals surface area contributed by atoms with E-state index in [-0.39, 0.29) is 0 Å². The highest BCUT2D eigenvalue weighted by Gasteiger charge is 2.25. The number of hydrogen-bond acceptors (Lipinski definition) is 6. The van der Waals surface area contributed by atoms with Crippen LogP contribution in [0.15, 0.2) is 18.5 Å². The lowest BCUT2D eigenvalue weighted by Gasteiger charge is -2.26. The lowest BCUT2D eigenvalue weighted by molar-refractivity contribution is 0.141. The Morgan fingerprint density at radius 3 is 2.75 bits per heavy atom. The van der Waals surface area contributed by atoms with Crippen molar-refractivity contribution >= 4 is 34.1 Å². The standard InChI is InChI=1S/C17H24ClN3O2S/c1-11(24-4)5-6-23-16-13-8-20-15(18)7-12(13)14(9-21-16)17(2,19)10-22-3/h7-9,11H,5-6,10,19H2,1-4H3/t11?,17-/m1/s1. The first kappa shape index (κ1) is 19.2. The molecule has 2 N–H and O–H groups in total. The van der Waals surface area contributed by atoms with Gasteiger partial charge in [-0.05, 0) is 31.1 Å². The van der Waals surface area contributed by atoms with Gasteiger partial charge in [-0.1, -0.05) is 18.5 Å². The summed E-state index contributed by atoms with van der Waals surface area (Å²) in [5, 5.41) is 2.64. The van der Waals surface area contributed by atoms with Crippen LogP contribution in [0, 0.1) is 0 Å². The molecular formula is C17H24ClN3O2S. The van der Waals surface area contributed by atoms with E-state index in [1.165, 1.54) is 0 Å². The Morgan fingerprint density at radius 2 is 2.08 bits per heavy atom. The summed E-state index contributed by atoms with van der Waals surface area (Å²) in [5.41, 5.74) is 6.57. The van der Waals surface area contributed by atoms with Crippen LogP contribution in [0.4, 0.5) is 0 Å². The van der Waals surface area contributed by atoms with Crippen LogP contribution in [0.3, 0.4) is 0 Å². The number of halogens is 1. The molecule has 7 heteroatoms. The van der Waals surface area contributed by atoms with E-state index < -0.39 is 5.54 Å². The van der Waals surface area contributed by atoms with Gasteiger partial charge in [0.1, 0.15) is 5.15 Å². The lowest BCUT2D eigenvalue weighted by atomic mass is 9.92. The molecule has 0 aliphatic heterocycles. The predicted molar refractivity (Wildman–Crippen MR) is 101 cm³/mol. The minimum absolute atomic E-state index is 0.370. The quantitative estimate of drug-likeness (QED) is 0.716. The number of rotatable bonds is 8. The molecule has 5 nitrogen and oxygen atoms in total. The molecule has 0 radical (unpaired) electrons. The molecule has 0 amide bonds. The van der Waals surface area contributed by atoms with Gasteiger partial charge in [-0.25, -0.2) is 9.97 Å². The lowest BCUT2D eigenvalue weighted by Crippen LogP contribution is -2.38. The fourth-order valence-corrected chi connectivity index (χ4v) is 2.96. The Hall–Kier alpha value is -1.08. The second-order valence-corrected chi connectivity index (χ2v) is 7.73. The van der Waals surface area contributed by atoms with Crippen molar-refractivity contribution in [2.45, 2.75) is 31.1 Å². The summed E-state index contributed by atoms with van der Waals surface area (Å²) in [5.74, 6) is 0.555. The van der Waals surface area contributed by atoms with E-state index in [1.807, 2.05) is 18.7 Å². The molecule has 0 bridgehead atoms. The molecule has 0 saturated heterocycles. The maximum Gasteiger partial charge on any atom is 0.222 e. The number of nitrogens with two attached hydrogens (primary N) is 1. The van der Waals surface area contributed by atoms with Crippen LogP contribution in [0.5, 0.6) is 5.88 Å². The molecule has 0 spiro atoms. The summed E-state index contributed by atoms with van der Waals surface area (Å²) < 4.78 is 11.1. The zero-order chi connectivity index (χ0) is 17.7. The average Bonchev–Trinajstić information content (AvgIpc) is 2.54. The first-order valence-electron chi connectivity index (χ1n) is 7.77. The van der Waals surface area contributed by atoms with Crippen molar-refractivity contribution in [3.05, 3.63) is 29.2 Å². The van der Waals surface area contributed by atoms with Gasteiger partial charge in [0.15, 0.2) is 0 Å². The van der Waals surface area contributed by atoms with Crippen molar-refractivity contribution in [3.63, 3.8) is 0 Å². The zero-order valence-electron chi connectivity index (χ0n) is 14.5. The van der Waals surface area contributed by atoms with Gasteiger partial charge >= 0.3 is 0 Å². The first-order chi connectivity index (χ1) is 11.4. The normalized spacial score (nSPS) is 15.2. The molecular weight excluding hydrogens is 346 g/mol. The smallest absolute Gasteiger partial charge is 0.222 e. The van der Waals surface area contributed by atoms with Crippen molar-refractivity contribution in [3.8, 4) is 5.88 Å². The molecule has 2 heterocycles. The van der Waals surface area contributed by atoms with E-state index in [0.717, 1.165) is 22.8 Å². The fraction of sp³-hybridized carbons (Fsp3) is 0.529. The molecule has 2 rings (SSSR count). The second kappa shape index (κ2) is 8.34. The summed E-state index contributed by atoms with van der Waals surface area (Å²) >= 11 is 7.90. The minimum atomic E-state index is -0.684. The molecule has 132 valence electrons. The monoisotopic (exact) mass is 369 g/mol. The van der Waals surface area contributed by atoms with Crippen LogP contribution < -0.4 is 10.5 Å². The third-order valence-corrected chi connectivity index (χ3v) is 5.17. The summed E-state index contributed by atoms with van der Waals surface area (Å²) in [6.07, 6.45) is 6.47. The number of hydrogen-bond donors (Lipinski definition) is 1. The van der Waals surface area contributed by atoms with Gasteiger partial charge in [-0.3, -0.25) is 0 Å². The van der Waals surface area contributed by atoms with Crippen molar-refractivity contribution in [2.75, 3.05) is 26.6 Å². The SMILES string of the molecule is COC[C@@](C)(N)c1cnc(OCCC(C)SC)c2cnc(Cl)cc12. The molecule has 2 aromatic rings. The number of fused-ring (bicyclic) bond motifs is 1. The van der Waals surface area contributed by atoms with E-state index in [2.05, 4.69) is 23.1 Å². The Kier molecular flexibility index (Phi) is 6.69. The van der Waals surface area contributed by atoms with Gasteiger partial charge in [0.25, 0.3) is 0 Å². The van der Waals surface area contributed by atoms with E-state index >= 15 is 0 Å². The Bertz CT molecular complexity index is 697. The number of thioether (sulfide) groups is 1. The van der Waals surface area contributed by atoms with Crippen LogP contribution in [0.1, 0.15) is 25.8 Å². The van der Waals surface area contributed by atoms with Gasteiger partial charge in [-0.2, -0.15) is 11.8 Å². The molecule has 0 saturated carbocycles. The molecule has 2 aromatic heterocycles. The molecule has 0 aliphatic rings. The van der Waals surface area contributed by atoms with E-state index in [9.17, 15) is 0 Å². The van der Waals surface area contributed by atoms with Gasteiger partial charge in [0.05, 0.1) is 24.1 Å². The van der Waals surface area contributed by atoms with Crippen molar-refractivity contribution in [2.24, 2.45) is 5.73 Å². The van der Waals surface area contributed by atoms with Gasteiger partial charge < -0.3 is 15.2 Å². The third-order valence-electron chi connectivity index (χ3n) is 3.93. The summed E-state index contributed by atoms with van der Waals surface area (Å²) in [7, 11) is 1.62. The highest BCUT2D eigenvalue weighted by atomic mass is 35.5. The maximum absolute atomic E-state index is 6.40. The fourth-order valence-electron chi connectivity index (χ4n) is 2.47. The molecule has 2 atom stereocenters. The number of methoxy groups -OCH3 is 1. The molecule has 24 heavy (non-hydrogen) atoms. The van der Waals surface area contributed by atoms with Crippen LogP contribution in [-0.2, 0) is 10.3 Å². The van der Waals surface area contributed by atoms with Crippen LogP contribution in [-0.4, -0.2) is 41.8 Å². The minimum Gasteiger partial charge on any atom is -0.477 e. The molecule has 1 unspecified atom stereocenters. The number of ether oxygens (including phenoxy) is 2. The average molecular weight is 370 g/mol. The number of pyridine rings is 2. The summed E-state index contributed by atoms with van der Waals surface area (Å²) in [6, 6.07) is 1.80. The van der Waals surface area contributed by atoms with Crippen LogP contribution in [0.2, 0.25) is 5.15 Å². The van der Waals surface area contributed by atoms with E-state index in [0.29, 0.717) is 29.5 Å². The molecule has 0 aromatic carbocycles. The Labute approximate surface area is 152 Å². The van der Waals surface area contributed by atoms with Crippen molar-refractivity contribution in [1.29, 1.82) is 0 Å². The zero-order valence-corrected chi connectivity index (χ0v) is 16.1. The van der Waals surface area contributed by atoms with Gasteiger partial charge in [-0.15, -0.1) is 0 Å². The topological polar surface area (TPSA) is 70.3 Å². The molecule has 0 fully saturated rings. The Balaban J connectivity index is 2.39. The van der Waals surface area contributed by atoms with Crippen molar-refractivity contribution < 1.29 is 9.47 Å². The van der Waals surface area contributed by atoms with Gasteiger partial charge in [0, 0.05) is 30.3 Å². The van der Waals surface area contributed by atoms with E-state index in [4.69, 9.17) is 26.8 Å². The second-order valence-electron chi connectivity index (χ2n) is 6.06. The first-order valence-corrected chi connectivity index (χ1v) is 9.43. The van der Waals surface area contributed by atoms with Crippen LogP contribution in [0.25, 0.3) is 10.8 Å². The third kappa shape index (κ3) is 4.51. The Morgan fingerprint density at radius 1 is 1.33 bits per heavy atom. The highest BCUT2D eigenvalue weighted by molar-refractivity contribution is 7.99. The number of aromatic nitrogens is 2. The van der Waals surface area contributed by atoms with Gasteiger partial charge in [0.2, 0.25) is 5.88 Å². The predicted octanol–water partition coefficient (Wildman–Crippen LogP) is 3.62. The van der Waals surface area contributed by atoms with E-state index in [1.54, 1.807) is 25.6 Å². The largest absolute Gasteiger partial charge is 0.477 e. The highest BCUT2D eigenvalue weighted by Crippen LogP contribution is 2.32. The summed E-state index contributed by atoms with van der Waals surface area (Å²) in [6.45, 7) is 5.05.